The van der Waals surface area contributed by atoms with Crippen molar-refractivity contribution in [2.45, 2.75) is 76.4 Å². The molecule has 0 unspecified atom stereocenters. The summed E-state index contributed by atoms with van der Waals surface area (Å²) in [5, 5.41) is 13.0. The average Bonchev–Trinajstić information content (AvgIpc) is 2.91. The molecule has 3 fully saturated rings. The maximum Gasteiger partial charge on any atom is 0.252 e. The van der Waals surface area contributed by atoms with Gasteiger partial charge in [0.1, 0.15) is 18.3 Å². The Kier molecular flexibility index (Phi) is 4.33. The van der Waals surface area contributed by atoms with E-state index in [9.17, 15) is 14.7 Å². The Balaban J connectivity index is 1.75. The molecule has 0 aliphatic carbocycles. The number of hydrogen-bond acceptors (Lipinski definition) is 8. The van der Waals surface area contributed by atoms with Gasteiger partial charge in [0.25, 0.3) is 5.91 Å². The molecule has 9 nitrogen and oxygen atoms in total. The smallest absolute Gasteiger partial charge is 0.252 e. The molecule has 3 rings (SSSR count). The Morgan fingerprint density at radius 3 is 2.21 bits per heavy atom. The first kappa shape index (κ1) is 17.6. The lowest BCUT2D eigenvalue weighted by atomic mass is 9.98. The highest BCUT2D eigenvalue weighted by atomic mass is 16.9. The molecule has 24 heavy (non-hydrogen) atoms. The van der Waals surface area contributed by atoms with Crippen LogP contribution < -0.4 is 10.4 Å². The van der Waals surface area contributed by atoms with Gasteiger partial charge in [0.05, 0.1) is 0 Å². The molecule has 0 aromatic heterocycles. The molecule has 1 N–H and O–H groups in total. The number of fused-ring (bicyclic) bond motifs is 3. The summed E-state index contributed by atoms with van der Waals surface area (Å²) in [6, 6.07) is 0. The van der Waals surface area contributed by atoms with Crippen molar-refractivity contribution in [3.63, 3.8) is 0 Å². The van der Waals surface area contributed by atoms with Gasteiger partial charge in [0.2, 0.25) is 0 Å². The van der Waals surface area contributed by atoms with Gasteiger partial charge >= 0.3 is 0 Å². The molecule has 3 aliphatic heterocycles. The molecule has 3 saturated heterocycles. The number of carbonyl (C=O) groups excluding carboxylic acids is 2. The molecule has 3 heterocycles. The molecule has 0 spiro atoms. The van der Waals surface area contributed by atoms with E-state index in [4.69, 9.17) is 23.7 Å². The molecular weight excluding hydrogens is 322 g/mol. The highest BCUT2D eigenvalue weighted by molar-refractivity contribution is 5.82. The Morgan fingerprint density at radius 1 is 0.958 bits per heavy atom. The van der Waals surface area contributed by atoms with Crippen LogP contribution in [0.1, 0.15) is 34.1 Å². The zero-order chi connectivity index (χ0) is 17.7. The van der Waals surface area contributed by atoms with E-state index in [-0.39, 0.29) is 13.0 Å². The fraction of sp³-hybridized carbons (Fsp3) is 0.867. The van der Waals surface area contributed by atoms with Crippen molar-refractivity contribution < 1.29 is 38.4 Å². The molecule has 3 aliphatic rings. The van der Waals surface area contributed by atoms with Gasteiger partial charge in [0.15, 0.2) is 24.0 Å². The summed E-state index contributed by atoms with van der Waals surface area (Å²) in [5.41, 5.74) is 0. The minimum atomic E-state index is -1.24. The number of carboxylic acids is 1. The predicted molar refractivity (Wildman–Crippen MR) is 75.2 cm³/mol. The minimum absolute atomic E-state index is 0.0559. The van der Waals surface area contributed by atoms with Gasteiger partial charge in [-0.15, -0.1) is 0 Å². The molecule has 0 aromatic rings. The largest absolute Gasteiger partial charge is 0.550 e. The third-order valence-electron chi connectivity index (χ3n) is 4.04. The zero-order valence-corrected chi connectivity index (χ0v) is 14.1. The summed E-state index contributed by atoms with van der Waals surface area (Å²) in [7, 11) is 0. The first-order chi connectivity index (χ1) is 11.1. The van der Waals surface area contributed by atoms with Crippen LogP contribution >= 0.6 is 0 Å². The number of amides is 1. The van der Waals surface area contributed by atoms with Crippen molar-refractivity contribution in [1.82, 2.24) is 5.32 Å². The van der Waals surface area contributed by atoms with Crippen LogP contribution in [0.3, 0.4) is 0 Å². The van der Waals surface area contributed by atoms with Gasteiger partial charge in [-0.25, -0.2) is 0 Å². The fourth-order valence-corrected chi connectivity index (χ4v) is 3.21. The molecule has 0 radical (unpaired) electrons. The van der Waals surface area contributed by atoms with E-state index in [1.807, 2.05) is 0 Å². The molecular formula is C15H22NO8-. The standard InChI is InChI=1S/C15H23NO8/c1-14(2)21-8-9(22-14)11-13(24-15(3,4)23-11)20-10(8)12(19)16-6-5-7(17)18/h8-11,13H,5-6H2,1-4H3,(H,16,19)(H,17,18)/p-1/t8-,9+,10+,11+,13-/m0/s1. The summed E-state index contributed by atoms with van der Waals surface area (Å²) < 4.78 is 29.0. The van der Waals surface area contributed by atoms with E-state index in [0.717, 1.165) is 0 Å². The summed E-state index contributed by atoms with van der Waals surface area (Å²) in [4.78, 5) is 22.9. The summed E-state index contributed by atoms with van der Waals surface area (Å²) in [6.45, 7) is 6.93. The lowest BCUT2D eigenvalue weighted by Crippen LogP contribution is -2.59. The van der Waals surface area contributed by atoms with E-state index in [1.165, 1.54) is 0 Å². The molecule has 0 aromatic carbocycles. The van der Waals surface area contributed by atoms with Gasteiger partial charge in [-0.3, -0.25) is 4.79 Å². The maximum absolute atomic E-state index is 12.4. The number of carbonyl (C=O) groups is 2. The minimum Gasteiger partial charge on any atom is -0.550 e. The van der Waals surface area contributed by atoms with Crippen LogP contribution in [-0.4, -0.2) is 60.7 Å². The van der Waals surface area contributed by atoms with E-state index < -0.39 is 54.2 Å². The highest BCUT2D eigenvalue weighted by Gasteiger charge is 2.62. The Labute approximate surface area is 139 Å². The van der Waals surface area contributed by atoms with Gasteiger partial charge in [0, 0.05) is 18.9 Å². The Morgan fingerprint density at radius 2 is 1.54 bits per heavy atom. The quantitative estimate of drug-likeness (QED) is 0.665. The van der Waals surface area contributed by atoms with Crippen LogP contribution in [0.2, 0.25) is 0 Å². The third kappa shape index (κ3) is 3.40. The van der Waals surface area contributed by atoms with Crippen molar-refractivity contribution in [1.29, 1.82) is 0 Å². The van der Waals surface area contributed by atoms with E-state index >= 15 is 0 Å². The summed E-state index contributed by atoms with van der Waals surface area (Å²) >= 11 is 0. The van der Waals surface area contributed by atoms with Gasteiger partial charge in [-0.2, -0.15) is 0 Å². The number of aliphatic carboxylic acids is 1. The van der Waals surface area contributed by atoms with Crippen LogP contribution in [0, 0.1) is 0 Å². The van der Waals surface area contributed by atoms with Crippen LogP contribution in [-0.2, 0) is 33.3 Å². The van der Waals surface area contributed by atoms with Gasteiger partial charge in [-0.1, -0.05) is 0 Å². The lowest BCUT2D eigenvalue weighted by Gasteiger charge is -2.36. The van der Waals surface area contributed by atoms with E-state index in [0.29, 0.717) is 0 Å². The monoisotopic (exact) mass is 344 g/mol. The number of hydrogen-bond donors (Lipinski definition) is 1. The van der Waals surface area contributed by atoms with Crippen LogP contribution in [0.5, 0.6) is 0 Å². The number of rotatable bonds is 4. The lowest BCUT2D eigenvalue weighted by molar-refractivity contribution is -0.305. The van der Waals surface area contributed by atoms with Crippen LogP contribution in [0.4, 0.5) is 0 Å². The molecule has 0 saturated carbocycles. The SMILES string of the molecule is CC1(C)O[C@@H]2O[C@@H](C(=O)NCCC(=O)[O-])[C@H]3OC(C)(C)O[C@H]3[C@H]2O1. The van der Waals surface area contributed by atoms with Crippen molar-refractivity contribution >= 4 is 11.9 Å². The number of ether oxygens (including phenoxy) is 5. The second-order valence-corrected chi connectivity index (χ2v) is 7.00. The Bertz CT molecular complexity index is 534. The van der Waals surface area contributed by atoms with Crippen LogP contribution in [0.25, 0.3) is 0 Å². The molecule has 5 atom stereocenters. The van der Waals surface area contributed by atoms with E-state index in [1.54, 1.807) is 27.7 Å². The van der Waals surface area contributed by atoms with Crippen molar-refractivity contribution in [2.24, 2.45) is 0 Å². The number of carboxylic acid groups (broad SMARTS) is 1. The number of nitrogens with one attached hydrogen (secondary N) is 1. The molecule has 0 bridgehead atoms. The average molecular weight is 344 g/mol. The normalized spacial score (nSPS) is 39.1. The van der Waals surface area contributed by atoms with Gasteiger partial charge in [-0.05, 0) is 27.7 Å². The topological polar surface area (TPSA) is 115 Å². The molecule has 136 valence electrons. The van der Waals surface area contributed by atoms with Gasteiger partial charge < -0.3 is 38.9 Å². The second kappa shape index (κ2) is 5.92. The first-order valence-corrected chi connectivity index (χ1v) is 7.92. The highest BCUT2D eigenvalue weighted by Crippen LogP contribution is 2.44. The maximum atomic E-state index is 12.4. The van der Waals surface area contributed by atoms with Crippen molar-refractivity contribution in [2.75, 3.05) is 6.54 Å². The first-order valence-electron chi connectivity index (χ1n) is 7.92. The predicted octanol–water partition coefficient (Wildman–Crippen LogP) is -1.36. The van der Waals surface area contributed by atoms with Crippen molar-refractivity contribution in [3.8, 4) is 0 Å². The zero-order valence-electron chi connectivity index (χ0n) is 14.1. The Hall–Kier alpha value is -1.26. The molecule has 9 heteroatoms. The fourth-order valence-electron chi connectivity index (χ4n) is 3.21. The van der Waals surface area contributed by atoms with Crippen LogP contribution in [0.15, 0.2) is 0 Å². The van der Waals surface area contributed by atoms with E-state index in [2.05, 4.69) is 5.32 Å². The third-order valence-corrected chi connectivity index (χ3v) is 4.04. The second-order valence-electron chi connectivity index (χ2n) is 7.00. The summed E-state index contributed by atoms with van der Waals surface area (Å²) in [5.74, 6) is -3.49. The summed E-state index contributed by atoms with van der Waals surface area (Å²) in [6.07, 6.45) is -3.76. The van der Waals surface area contributed by atoms with Crippen molar-refractivity contribution in [3.05, 3.63) is 0 Å². The molecule has 1 amide bonds.